The van der Waals surface area contributed by atoms with E-state index in [0.29, 0.717) is 12.2 Å². The molecule has 0 saturated carbocycles. The average Bonchev–Trinajstić information content (AvgIpc) is 3.24. The van der Waals surface area contributed by atoms with E-state index in [9.17, 15) is 4.79 Å². The van der Waals surface area contributed by atoms with Crippen molar-refractivity contribution < 1.29 is 9.53 Å². The third-order valence-electron chi connectivity index (χ3n) is 3.68. The number of ether oxygens (including phenoxy) is 1. The Bertz CT molecular complexity index is 870. The lowest BCUT2D eigenvalue weighted by Crippen LogP contribution is -2.35. The van der Waals surface area contributed by atoms with Crippen LogP contribution in [0.25, 0.3) is 21.0 Å². The zero-order chi connectivity index (χ0) is 17.8. The summed E-state index contributed by atoms with van der Waals surface area (Å²) in [6.45, 7) is 4.43. The summed E-state index contributed by atoms with van der Waals surface area (Å²) in [7, 11) is 1.63. The number of thiazole rings is 1. The Balaban J connectivity index is 1.80. The van der Waals surface area contributed by atoms with Crippen LogP contribution >= 0.6 is 22.7 Å². The van der Waals surface area contributed by atoms with Crippen LogP contribution in [0.3, 0.4) is 0 Å². The lowest BCUT2D eigenvalue weighted by atomic mass is 10.1. The number of hydrogen-bond acceptors (Lipinski definition) is 5. The van der Waals surface area contributed by atoms with E-state index in [-0.39, 0.29) is 11.9 Å². The molecule has 0 radical (unpaired) electrons. The monoisotopic (exact) mass is 372 g/mol. The van der Waals surface area contributed by atoms with Gasteiger partial charge in [0.25, 0.3) is 5.91 Å². The van der Waals surface area contributed by atoms with Gasteiger partial charge in [0, 0.05) is 29.0 Å². The van der Waals surface area contributed by atoms with Gasteiger partial charge in [-0.15, -0.1) is 22.7 Å². The Kier molecular flexibility index (Phi) is 5.63. The van der Waals surface area contributed by atoms with Gasteiger partial charge in [0.1, 0.15) is 0 Å². The van der Waals surface area contributed by atoms with Crippen molar-refractivity contribution >= 4 is 28.6 Å². The number of thiophene rings is 1. The largest absolute Gasteiger partial charge is 0.383 e. The Morgan fingerprint density at radius 2 is 2.08 bits per heavy atom. The van der Waals surface area contributed by atoms with Crippen LogP contribution in [0, 0.1) is 6.92 Å². The van der Waals surface area contributed by atoms with E-state index in [1.54, 1.807) is 29.8 Å². The lowest BCUT2D eigenvalue weighted by molar-refractivity contribution is 0.0905. The molecule has 130 valence electrons. The molecule has 0 fully saturated rings. The van der Waals surface area contributed by atoms with Crippen molar-refractivity contribution in [3.8, 4) is 21.0 Å². The van der Waals surface area contributed by atoms with Gasteiger partial charge in [-0.2, -0.15) is 0 Å². The Morgan fingerprint density at radius 1 is 1.28 bits per heavy atom. The second kappa shape index (κ2) is 7.91. The molecule has 25 heavy (non-hydrogen) atoms. The minimum absolute atomic E-state index is 0.0256. The molecule has 0 bridgehead atoms. The maximum absolute atomic E-state index is 12.4. The summed E-state index contributed by atoms with van der Waals surface area (Å²) in [6.07, 6.45) is 0. The number of rotatable bonds is 6. The van der Waals surface area contributed by atoms with Crippen molar-refractivity contribution in [2.75, 3.05) is 13.7 Å². The molecule has 1 N–H and O–H groups in total. The van der Waals surface area contributed by atoms with Crippen LogP contribution in [0.4, 0.5) is 0 Å². The number of benzene rings is 1. The molecular formula is C19H20N2O2S2. The van der Waals surface area contributed by atoms with Crippen molar-refractivity contribution in [2.45, 2.75) is 19.9 Å². The first-order valence-corrected chi connectivity index (χ1v) is 9.69. The van der Waals surface area contributed by atoms with Crippen LogP contribution in [0.1, 0.15) is 22.3 Å². The maximum Gasteiger partial charge on any atom is 0.251 e. The molecule has 2 heterocycles. The van der Waals surface area contributed by atoms with Crippen LogP contribution in [0.15, 0.2) is 41.8 Å². The van der Waals surface area contributed by atoms with E-state index in [4.69, 9.17) is 4.74 Å². The van der Waals surface area contributed by atoms with E-state index < -0.39 is 0 Å². The van der Waals surface area contributed by atoms with Gasteiger partial charge >= 0.3 is 0 Å². The Morgan fingerprint density at radius 3 is 2.80 bits per heavy atom. The Hall–Kier alpha value is -2.02. The van der Waals surface area contributed by atoms with E-state index in [0.717, 1.165) is 26.0 Å². The lowest BCUT2D eigenvalue weighted by Gasteiger charge is -2.13. The fourth-order valence-corrected chi connectivity index (χ4v) is 4.17. The molecule has 2 aromatic heterocycles. The van der Waals surface area contributed by atoms with Crippen molar-refractivity contribution in [1.29, 1.82) is 0 Å². The number of aryl methyl sites for hydroxylation is 1. The van der Waals surface area contributed by atoms with E-state index in [1.807, 2.05) is 38.1 Å². The zero-order valence-electron chi connectivity index (χ0n) is 14.4. The first-order chi connectivity index (χ1) is 12.1. The average molecular weight is 373 g/mol. The number of carbonyl (C=O) groups is 1. The molecule has 0 spiro atoms. The van der Waals surface area contributed by atoms with E-state index >= 15 is 0 Å². The van der Waals surface area contributed by atoms with Crippen molar-refractivity contribution in [1.82, 2.24) is 10.3 Å². The van der Waals surface area contributed by atoms with Gasteiger partial charge < -0.3 is 10.1 Å². The highest BCUT2D eigenvalue weighted by molar-refractivity contribution is 7.19. The van der Waals surface area contributed by atoms with E-state index in [1.165, 1.54) is 0 Å². The predicted molar refractivity (Wildman–Crippen MR) is 104 cm³/mol. The first-order valence-electron chi connectivity index (χ1n) is 7.99. The fourth-order valence-electron chi connectivity index (χ4n) is 2.52. The van der Waals surface area contributed by atoms with Crippen molar-refractivity contribution in [3.05, 3.63) is 52.3 Å². The van der Waals surface area contributed by atoms with Gasteiger partial charge in [-0.3, -0.25) is 4.79 Å². The highest BCUT2D eigenvalue weighted by atomic mass is 32.1. The normalized spacial score (nSPS) is 12.1. The van der Waals surface area contributed by atoms with Crippen LogP contribution in [0.2, 0.25) is 0 Å². The molecule has 1 unspecified atom stereocenters. The summed E-state index contributed by atoms with van der Waals surface area (Å²) in [4.78, 5) is 19.2. The number of amides is 1. The molecule has 4 nitrogen and oxygen atoms in total. The molecule has 1 atom stereocenters. The molecule has 0 aliphatic carbocycles. The standard InChI is InChI=1S/C19H20N2O2S2/c1-12(10-23-3)20-19(22)15-6-4-5-14(9-15)17-7-8-18(25-17)16-11-24-13(2)21-16/h4-9,11-12H,10H2,1-3H3,(H,20,22). The van der Waals surface area contributed by atoms with Gasteiger partial charge in [-0.25, -0.2) is 4.98 Å². The summed E-state index contributed by atoms with van der Waals surface area (Å²) in [5.74, 6) is -0.0849. The van der Waals surface area contributed by atoms with Crippen LogP contribution < -0.4 is 5.32 Å². The topological polar surface area (TPSA) is 51.2 Å². The highest BCUT2D eigenvalue weighted by Crippen LogP contribution is 2.35. The summed E-state index contributed by atoms with van der Waals surface area (Å²) >= 11 is 3.34. The molecule has 3 rings (SSSR count). The maximum atomic E-state index is 12.4. The first kappa shape index (κ1) is 17.8. The van der Waals surface area contributed by atoms with Gasteiger partial charge in [0.05, 0.1) is 22.2 Å². The number of nitrogens with zero attached hydrogens (tertiary/aromatic N) is 1. The summed E-state index contributed by atoms with van der Waals surface area (Å²) < 4.78 is 5.06. The van der Waals surface area contributed by atoms with Crippen LogP contribution in [-0.4, -0.2) is 30.6 Å². The smallest absolute Gasteiger partial charge is 0.251 e. The molecule has 1 aromatic carbocycles. The number of nitrogens with one attached hydrogen (secondary N) is 1. The number of carbonyl (C=O) groups excluding carboxylic acids is 1. The number of hydrogen-bond donors (Lipinski definition) is 1. The molecule has 0 aliphatic heterocycles. The third-order valence-corrected chi connectivity index (χ3v) is 5.61. The second-order valence-corrected chi connectivity index (χ2v) is 7.97. The van der Waals surface area contributed by atoms with Gasteiger partial charge in [0.15, 0.2) is 0 Å². The third kappa shape index (κ3) is 4.34. The predicted octanol–water partition coefficient (Wildman–Crippen LogP) is 4.61. The summed E-state index contributed by atoms with van der Waals surface area (Å²) in [5.41, 5.74) is 2.70. The molecule has 3 aromatic rings. The van der Waals surface area contributed by atoms with Crippen LogP contribution in [-0.2, 0) is 4.74 Å². The summed E-state index contributed by atoms with van der Waals surface area (Å²) in [5, 5.41) is 6.08. The molecule has 0 saturated heterocycles. The molecule has 0 aliphatic rings. The summed E-state index contributed by atoms with van der Waals surface area (Å²) in [6, 6.07) is 11.8. The van der Waals surface area contributed by atoms with Crippen LogP contribution in [0.5, 0.6) is 0 Å². The molecule has 6 heteroatoms. The molecular weight excluding hydrogens is 352 g/mol. The Labute approximate surface area is 155 Å². The highest BCUT2D eigenvalue weighted by Gasteiger charge is 2.12. The van der Waals surface area contributed by atoms with Gasteiger partial charge in [-0.1, -0.05) is 12.1 Å². The van der Waals surface area contributed by atoms with Crippen molar-refractivity contribution in [2.24, 2.45) is 0 Å². The second-order valence-electron chi connectivity index (χ2n) is 5.83. The van der Waals surface area contributed by atoms with Crippen molar-refractivity contribution in [3.63, 3.8) is 0 Å². The van der Waals surface area contributed by atoms with Gasteiger partial charge in [0.2, 0.25) is 0 Å². The number of aromatic nitrogens is 1. The minimum atomic E-state index is -0.0849. The minimum Gasteiger partial charge on any atom is -0.383 e. The fraction of sp³-hybridized carbons (Fsp3) is 0.263. The quantitative estimate of drug-likeness (QED) is 0.687. The molecule has 1 amide bonds. The van der Waals surface area contributed by atoms with E-state index in [2.05, 4.69) is 27.8 Å². The zero-order valence-corrected chi connectivity index (χ0v) is 16.0. The van der Waals surface area contributed by atoms with Gasteiger partial charge in [-0.05, 0) is 43.7 Å². The number of methoxy groups -OCH3 is 1. The SMILES string of the molecule is COCC(C)NC(=O)c1cccc(-c2ccc(-c3csc(C)n3)s2)c1.